The molecule has 0 radical (unpaired) electrons. The van der Waals surface area contributed by atoms with E-state index in [2.05, 4.69) is 5.32 Å². The minimum atomic E-state index is -1.14. The van der Waals surface area contributed by atoms with E-state index in [4.69, 9.17) is 4.74 Å². The van der Waals surface area contributed by atoms with E-state index < -0.39 is 23.7 Å². The molecule has 0 aliphatic heterocycles. The van der Waals surface area contributed by atoms with Gasteiger partial charge in [0.25, 0.3) is 11.5 Å². The van der Waals surface area contributed by atoms with Gasteiger partial charge < -0.3 is 29.0 Å². The molecule has 0 aliphatic carbocycles. The lowest BCUT2D eigenvalue weighted by molar-refractivity contribution is -0.128. The number of pyridine rings is 1. The fourth-order valence-corrected chi connectivity index (χ4v) is 4.25. The molecule has 3 aromatic rings. The van der Waals surface area contributed by atoms with Crippen molar-refractivity contribution in [2.45, 2.75) is 51.8 Å². The Kier molecular flexibility index (Phi) is 9.86. The highest BCUT2D eigenvalue weighted by atomic mass is 19.1. The monoisotopic (exact) mass is 541 g/mol. The number of ether oxygens (including phenoxy) is 1. The molecular weight excluding hydrogens is 505 g/mol. The van der Waals surface area contributed by atoms with E-state index in [-0.39, 0.29) is 30.4 Å². The summed E-state index contributed by atoms with van der Waals surface area (Å²) in [4.78, 5) is 53.1. The number of unbranched alkanes of at least 4 members (excludes halogenated alkanes) is 1. The zero-order chi connectivity index (χ0) is 28.7. The van der Waals surface area contributed by atoms with Crippen LogP contribution in [0.4, 0.5) is 14.9 Å². The van der Waals surface area contributed by atoms with Crippen LogP contribution < -0.4 is 10.9 Å². The molecule has 210 valence electrons. The SMILES string of the molecule is CCn1c(Cn2cccc(NC(=O)[C@H](CCCCC(=O)N(C)C)OC(=O)N(C)C)c2=O)cc2cc(F)ccc21. The smallest absolute Gasteiger partial charge is 0.410 e. The summed E-state index contributed by atoms with van der Waals surface area (Å²) in [7, 11) is 6.36. The summed E-state index contributed by atoms with van der Waals surface area (Å²) in [5.74, 6) is -0.992. The molecule has 0 fully saturated rings. The number of halogens is 1. The molecule has 1 aromatic carbocycles. The summed E-state index contributed by atoms with van der Waals surface area (Å²) in [5, 5.41) is 3.35. The van der Waals surface area contributed by atoms with Crippen LogP contribution in [-0.4, -0.2) is 71.1 Å². The average Bonchev–Trinajstić information content (AvgIpc) is 3.23. The number of carbonyl (C=O) groups is 3. The van der Waals surface area contributed by atoms with Gasteiger partial charge in [0.05, 0.1) is 6.54 Å². The van der Waals surface area contributed by atoms with Gasteiger partial charge in [0.15, 0.2) is 6.10 Å². The van der Waals surface area contributed by atoms with Gasteiger partial charge in [0.2, 0.25) is 5.91 Å². The van der Waals surface area contributed by atoms with Crippen LogP contribution in [0.5, 0.6) is 0 Å². The summed E-state index contributed by atoms with van der Waals surface area (Å²) in [5.41, 5.74) is 1.29. The van der Waals surface area contributed by atoms with Gasteiger partial charge in [-0.3, -0.25) is 14.4 Å². The molecule has 1 atom stereocenters. The maximum Gasteiger partial charge on any atom is 0.410 e. The molecule has 39 heavy (non-hydrogen) atoms. The molecule has 3 amide bonds. The quantitative estimate of drug-likeness (QED) is 0.373. The number of rotatable bonds is 11. The molecule has 2 aromatic heterocycles. The number of anilines is 1. The fourth-order valence-electron chi connectivity index (χ4n) is 4.25. The van der Waals surface area contributed by atoms with Crippen LogP contribution in [0.1, 0.15) is 38.3 Å². The Bertz CT molecular complexity index is 1390. The fraction of sp³-hybridized carbons (Fsp3) is 0.429. The van der Waals surface area contributed by atoms with Crippen molar-refractivity contribution in [1.82, 2.24) is 18.9 Å². The minimum Gasteiger partial charge on any atom is -0.436 e. The maximum absolute atomic E-state index is 13.7. The molecule has 2 heterocycles. The lowest BCUT2D eigenvalue weighted by atomic mass is 10.1. The largest absolute Gasteiger partial charge is 0.436 e. The van der Waals surface area contributed by atoms with Gasteiger partial charge in [-0.2, -0.15) is 0 Å². The second kappa shape index (κ2) is 13.1. The Morgan fingerprint density at radius 2 is 1.79 bits per heavy atom. The predicted octanol–water partition coefficient (Wildman–Crippen LogP) is 3.66. The number of aryl methyl sites for hydroxylation is 1. The number of benzene rings is 1. The molecular formula is C28H36FN5O5. The van der Waals surface area contributed by atoms with Crippen molar-refractivity contribution in [1.29, 1.82) is 0 Å². The van der Waals surface area contributed by atoms with Crippen molar-refractivity contribution in [3.63, 3.8) is 0 Å². The van der Waals surface area contributed by atoms with Gasteiger partial charge in [-0.25, -0.2) is 9.18 Å². The van der Waals surface area contributed by atoms with Gasteiger partial charge in [0, 0.05) is 63.9 Å². The minimum absolute atomic E-state index is 0.0293. The maximum atomic E-state index is 13.7. The number of hydrogen-bond acceptors (Lipinski definition) is 5. The second-order valence-corrected chi connectivity index (χ2v) is 9.73. The van der Waals surface area contributed by atoms with Crippen molar-refractivity contribution in [3.8, 4) is 0 Å². The predicted molar refractivity (Wildman–Crippen MR) is 147 cm³/mol. The van der Waals surface area contributed by atoms with E-state index in [0.717, 1.165) is 16.6 Å². The Labute approximate surface area is 226 Å². The van der Waals surface area contributed by atoms with Crippen LogP contribution in [0.2, 0.25) is 0 Å². The number of fused-ring (bicyclic) bond motifs is 1. The first-order valence-corrected chi connectivity index (χ1v) is 12.9. The van der Waals surface area contributed by atoms with E-state index in [9.17, 15) is 23.6 Å². The Balaban J connectivity index is 1.77. The van der Waals surface area contributed by atoms with Crippen molar-refractivity contribution in [2.75, 3.05) is 33.5 Å². The summed E-state index contributed by atoms with van der Waals surface area (Å²) >= 11 is 0. The zero-order valence-electron chi connectivity index (χ0n) is 23.1. The van der Waals surface area contributed by atoms with Gasteiger partial charge in [-0.1, -0.05) is 0 Å². The van der Waals surface area contributed by atoms with Crippen molar-refractivity contribution in [2.24, 2.45) is 0 Å². The topological polar surface area (TPSA) is 106 Å². The Morgan fingerprint density at radius 1 is 1.05 bits per heavy atom. The number of nitrogens with zero attached hydrogens (tertiary/aromatic N) is 4. The number of hydrogen-bond donors (Lipinski definition) is 1. The van der Waals surface area contributed by atoms with Gasteiger partial charge in [-0.05, 0) is 62.6 Å². The first kappa shape index (κ1) is 29.4. The molecule has 0 unspecified atom stereocenters. The van der Waals surface area contributed by atoms with Crippen LogP contribution in [0.15, 0.2) is 47.4 Å². The van der Waals surface area contributed by atoms with E-state index in [1.165, 1.54) is 46.7 Å². The van der Waals surface area contributed by atoms with Crippen molar-refractivity contribution in [3.05, 3.63) is 64.5 Å². The van der Waals surface area contributed by atoms with E-state index in [0.29, 0.717) is 25.8 Å². The third-order valence-electron chi connectivity index (χ3n) is 6.38. The first-order chi connectivity index (χ1) is 18.5. The van der Waals surface area contributed by atoms with Crippen LogP contribution in [0.25, 0.3) is 10.9 Å². The first-order valence-electron chi connectivity index (χ1n) is 12.9. The summed E-state index contributed by atoms with van der Waals surface area (Å²) in [6.45, 7) is 2.82. The van der Waals surface area contributed by atoms with Crippen LogP contribution >= 0.6 is 0 Å². The molecule has 0 saturated heterocycles. The third kappa shape index (κ3) is 7.46. The van der Waals surface area contributed by atoms with Crippen LogP contribution in [0.3, 0.4) is 0 Å². The van der Waals surface area contributed by atoms with E-state index in [1.807, 2.05) is 17.6 Å². The number of nitrogens with one attached hydrogen (secondary N) is 1. The Hall–Kier alpha value is -4.15. The summed E-state index contributed by atoms with van der Waals surface area (Å²) in [6, 6.07) is 9.54. The summed E-state index contributed by atoms with van der Waals surface area (Å²) < 4.78 is 22.6. The molecule has 0 saturated carbocycles. The molecule has 0 spiro atoms. The normalized spacial score (nSPS) is 11.7. The number of amides is 3. The highest BCUT2D eigenvalue weighted by Crippen LogP contribution is 2.22. The second-order valence-electron chi connectivity index (χ2n) is 9.73. The van der Waals surface area contributed by atoms with E-state index in [1.54, 1.807) is 32.4 Å². The summed E-state index contributed by atoms with van der Waals surface area (Å²) in [6.07, 6.45) is 1.29. The zero-order valence-corrected chi connectivity index (χ0v) is 23.1. The molecule has 0 aliphatic rings. The molecule has 3 rings (SSSR count). The highest BCUT2D eigenvalue weighted by molar-refractivity contribution is 5.95. The van der Waals surface area contributed by atoms with Crippen LogP contribution in [0, 0.1) is 5.82 Å². The van der Waals surface area contributed by atoms with Crippen molar-refractivity contribution >= 4 is 34.5 Å². The lowest BCUT2D eigenvalue weighted by Gasteiger charge is -2.20. The molecule has 0 bridgehead atoms. The number of aromatic nitrogens is 2. The van der Waals surface area contributed by atoms with Gasteiger partial charge in [-0.15, -0.1) is 0 Å². The lowest BCUT2D eigenvalue weighted by Crippen LogP contribution is -2.37. The average molecular weight is 542 g/mol. The van der Waals surface area contributed by atoms with Gasteiger partial charge in [0.1, 0.15) is 11.5 Å². The highest BCUT2D eigenvalue weighted by Gasteiger charge is 2.25. The Morgan fingerprint density at radius 3 is 2.46 bits per heavy atom. The third-order valence-corrected chi connectivity index (χ3v) is 6.38. The van der Waals surface area contributed by atoms with Crippen LogP contribution in [-0.2, 0) is 27.4 Å². The molecule has 10 nitrogen and oxygen atoms in total. The van der Waals surface area contributed by atoms with E-state index >= 15 is 0 Å². The van der Waals surface area contributed by atoms with Gasteiger partial charge >= 0.3 is 6.09 Å². The standard InChI is InChI=1S/C28H36FN5O5/c1-6-34-21(17-19-16-20(29)13-14-23(19)34)18-33-15-9-10-22(27(33)37)30-26(36)24(39-28(38)32(4)5)11-7-8-12-25(35)31(2)3/h9-10,13-17,24H,6-8,11-12,18H2,1-5H3,(H,30,36)/t24-/m0/s1. The van der Waals surface area contributed by atoms with Crippen molar-refractivity contribution < 1.29 is 23.5 Å². The molecule has 1 N–H and O–H groups in total. The molecule has 11 heteroatoms. The number of carbonyl (C=O) groups excluding carboxylic acids is 3.